The lowest BCUT2D eigenvalue weighted by atomic mass is 10.0. The molecule has 0 aliphatic carbocycles. The van der Waals surface area contributed by atoms with Gasteiger partial charge in [-0.2, -0.15) is 5.10 Å². The zero-order valence-corrected chi connectivity index (χ0v) is 10.0. The van der Waals surface area contributed by atoms with Crippen LogP contribution in [-0.4, -0.2) is 34.6 Å². The van der Waals surface area contributed by atoms with E-state index in [-0.39, 0.29) is 0 Å². The molecule has 6 heteroatoms. The summed E-state index contributed by atoms with van der Waals surface area (Å²) in [6.45, 7) is -0.622. The van der Waals surface area contributed by atoms with Gasteiger partial charge in [-0.3, -0.25) is 0 Å². The normalized spacial score (nSPS) is 14.4. The van der Waals surface area contributed by atoms with Crippen molar-refractivity contribution in [3.8, 4) is 5.69 Å². The van der Waals surface area contributed by atoms with Crippen molar-refractivity contribution in [2.75, 3.05) is 13.8 Å². The predicted molar refractivity (Wildman–Crippen MR) is 65.1 cm³/mol. The highest BCUT2D eigenvalue weighted by molar-refractivity contribution is 5.34. The highest BCUT2D eigenvalue weighted by Crippen LogP contribution is 2.21. The van der Waals surface area contributed by atoms with Crippen LogP contribution in [0.25, 0.3) is 5.69 Å². The van der Waals surface area contributed by atoms with E-state index in [1.54, 1.807) is 11.0 Å². The van der Waals surface area contributed by atoms with Gasteiger partial charge >= 0.3 is 0 Å². The first-order chi connectivity index (χ1) is 8.76. The number of hydrogen-bond acceptors (Lipinski definition) is 4. The minimum Gasteiger partial charge on any atom is -0.375 e. The third-order valence-electron chi connectivity index (χ3n) is 2.73. The lowest BCUT2D eigenvalue weighted by molar-refractivity contribution is 0.0721. The van der Waals surface area contributed by atoms with E-state index < -0.39 is 18.8 Å². The van der Waals surface area contributed by atoms with Gasteiger partial charge in [0.25, 0.3) is 0 Å². The van der Waals surface area contributed by atoms with Gasteiger partial charge in [-0.25, -0.2) is 14.1 Å². The van der Waals surface area contributed by atoms with E-state index in [0.717, 1.165) is 11.3 Å². The Bertz CT molecular complexity index is 471. The Balaban J connectivity index is 2.21. The van der Waals surface area contributed by atoms with Gasteiger partial charge in [0.2, 0.25) is 0 Å². The van der Waals surface area contributed by atoms with Crippen molar-refractivity contribution in [2.45, 2.75) is 12.1 Å². The molecule has 0 spiro atoms. The molecule has 1 aromatic carbocycles. The number of hydrogen-bond donors (Lipinski definition) is 1. The number of aromatic nitrogens is 3. The number of rotatable bonds is 5. The number of benzene rings is 1. The number of methoxy groups -OCH3 is 1. The molecule has 2 N–H and O–H groups in total. The molecule has 0 amide bonds. The number of alkyl halides is 1. The van der Waals surface area contributed by atoms with Crippen molar-refractivity contribution in [1.82, 2.24) is 14.8 Å². The Kier molecular flexibility index (Phi) is 4.01. The summed E-state index contributed by atoms with van der Waals surface area (Å²) in [7, 11) is 1.52. The maximum atomic E-state index is 12.6. The van der Waals surface area contributed by atoms with E-state index in [1.807, 2.05) is 24.3 Å². The summed E-state index contributed by atoms with van der Waals surface area (Å²) < 4.78 is 19.4. The van der Waals surface area contributed by atoms with Crippen LogP contribution >= 0.6 is 0 Å². The Morgan fingerprint density at radius 1 is 1.39 bits per heavy atom. The standard InChI is InChI=1S/C12H15FN4O/c1-18-12(11(14)6-13)9-2-4-10(5-3-9)17-8-15-7-16-17/h2-5,7-8,11-12H,6,14H2,1H3. The van der Waals surface area contributed by atoms with Gasteiger partial charge in [-0.1, -0.05) is 12.1 Å². The highest BCUT2D eigenvalue weighted by Gasteiger charge is 2.19. The topological polar surface area (TPSA) is 66.0 Å². The van der Waals surface area contributed by atoms with Crippen LogP contribution in [0.1, 0.15) is 11.7 Å². The largest absolute Gasteiger partial charge is 0.375 e. The minimum atomic E-state index is -0.660. The maximum Gasteiger partial charge on any atom is 0.138 e. The third-order valence-corrected chi connectivity index (χ3v) is 2.73. The summed E-state index contributed by atoms with van der Waals surface area (Å²) in [6, 6.07) is 6.76. The van der Waals surface area contributed by atoms with E-state index in [1.165, 1.54) is 13.4 Å². The zero-order valence-electron chi connectivity index (χ0n) is 10.0. The monoisotopic (exact) mass is 250 g/mol. The summed E-state index contributed by atoms with van der Waals surface area (Å²) in [6.07, 6.45) is 2.63. The first kappa shape index (κ1) is 12.7. The zero-order chi connectivity index (χ0) is 13.0. The molecule has 5 nitrogen and oxygen atoms in total. The Labute approximate surface area is 104 Å². The van der Waals surface area contributed by atoms with Crippen molar-refractivity contribution < 1.29 is 9.13 Å². The van der Waals surface area contributed by atoms with Gasteiger partial charge in [-0.05, 0) is 17.7 Å². The Hall–Kier alpha value is -1.79. The summed E-state index contributed by atoms with van der Waals surface area (Å²) >= 11 is 0. The van der Waals surface area contributed by atoms with Crippen LogP contribution in [-0.2, 0) is 4.74 Å². The van der Waals surface area contributed by atoms with Gasteiger partial charge in [0, 0.05) is 7.11 Å². The van der Waals surface area contributed by atoms with Crippen molar-refractivity contribution >= 4 is 0 Å². The fraction of sp³-hybridized carbons (Fsp3) is 0.333. The maximum absolute atomic E-state index is 12.6. The van der Waals surface area contributed by atoms with Gasteiger partial charge in [0.1, 0.15) is 19.3 Å². The molecular formula is C12H15FN4O. The summed E-state index contributed by atoms with van der Waals surface area (Å²) in [5.74, 6) is 0. The molecule has 2 aromatic rings. The third kappa shape index (κ3) is 2.55. The molecule has 1 aromatic heterocycles. The molecule has 0 fully saturated rings. The smallest absolute Gasteiger partial charge is 0.138 e. The molecule has 0 aliphatic rings. The molecule has 96 valence electrons. The van der Waals surface area contributed by atoms with Crippen LogP contribution < -0.4 is 5.73 Å². The van der Waals surface area contributed by atoms with Crippen molar-refractivity contribution in [3.63, 3.8) is 0 Å². The molecule has 2 atom stereocenters. The van der Waals surface area contributed by atoms with E-state index in [2.05, 4.69) is 10.1 Å². The molecule has 0 radical (unpaired) electrons. The average Bonchev–Trinajstić information content (AvgIpc) is 2.94. The molecule has 1 heterocycles. The van der Waals surface area contributed by atoms with E-state index >= 15 is 0 Å². The Morgan fingerprint density at radius 3 is 2.61 bits per heavy atom. The molecule has 0 bridgehead atoms. The molecule has 18 heavy (non-hydrogen) atoms. The predicted octanol–water partition coefficient (Wildman–Crippen LogP) is 1.25. The van der Waals surface area contributed by atoms with Crippen LogP contribution in [0.2, 0.25) is 0 Å². The lowest BCUT2D eigenvalue weighted by Gasteiger charge is -2.20. The second-order valence-corrected chi connectivity index (χ2v) is 3.91. The van der Waals surface area contributed by atoms with Crippen molar-refractivity contribution in [2.24, 2.45) is 5.73 Å². The van der Waals surface area contributed by atoms with Gasteiger partial charge < -0.3 is 10.5 Å². The first-order valence-corrected chi connectivity index (χ1v) is 5.55. The van der Waals surface area contributed by atoms with Crippen LogP contribution in [0.4, 0.5) is 4.39 Å². The highest BCUT2D eigenvalue weighted by atomic mass is 19.1. The SMILES string of the molecule is COC(c1ccc(-n2cncn2)cc1)C(N)CF. The number of ether oxygens (including phenoxy) is 1. The second-order valence-electron chi connectivity index (χ2n) is 3.91. The number of nitrogens with two attached hydrogens (primary N) is 1. The van der Waals surface area contributed by atoms with Gasteiger partial charge in [0.15, 0.2) is 0 Å². The van der Waals surface area contributed by atoms with E-state index in [4.69, 9.17) is 10.5 Å². The molecule has 2 rings (SSSR count). The molecule has 0 saturated carbocycles. The fourth-order valence-corrected chi connectivity index (χ4v) is 1.80. The van der Waals surface area contributed by atoms with Crippen LogP contribution in [0.3, 0.4) is 0 Å². The number of halogens is 1. The Morgan fingerprint density at radius 2 is 2.11 bits per heavy atom. The van der Waals surface area contributed by atoms with Gasteiger partial charge in [0.05, 0.1) is 17.8 Å². The number of nitrogens with zero attached hydrogens (tertiary/aromatic N) is 3. The van der Waals surface area contributed by atoms with E-state index in [9.17, 15) is 4.39 Å². The van der Waals surface area contributed by atoms with Crippen molar-refractivity contribution in [1.29, 1.82) is 0 Å². The van der Waals surface area contributed by atoms with Gasteiger partial charge in [-0.15, -0.1) is 0 Å². The molecule has 2 unspecified atom stereocenters. The molecule has 0 saturated heterocycles. The van der Waals surface area contributed by atoms with Crippen molar-refractivity contribution in [3.05, 3.63) is 42.5 Å². The fourth-order valence-electron chi connectivity index (χ4n) is 1.80. The average molecular weight is 250 g/mol. The summed E-state index contributed by atoms with van der Waals surface area (Å²) in [5, 5.41) is 4.02. The first-order valence-electron chi connectivity index (χ1n) is 5.55. The second kappa shape index (κ2) is 5.70. The lowest BCUT2D eigenvalue weighted by Crippen LogP contribution is -2.31. The summed E-state index contributed by atoms with van der Waals surface area (Å²) in [4.78, 5) is 3.87. The van der Waals surface area contributed by atoms with Crippen LogP contribution in [0.15, 0.2) is 36.9 Å². The van der Waals surface area contributed by atoms with Crippen LogP contribution in [0.5, 0.6) is 0 Å². The van der Waals surface area contributed by atoms with Crippen LogP contribution in [0, 0.1) is 0 Å². The quantitative estimate of drug-likeness (QED) is 0.867. The minimum absolute atomic E-state index is 0.445. The summed E-state index contributed by atoms with van der Waals surface area (Å²) in [5.41, 5.74) is 7.38. The molecule has 0 aliphatic heterocycles. The molecular weight excluding hydrogens is 235 g/mol. The van der Waals surface area contributed by atoms with E-state index in [0.29, 0.717) is 0 Å².